The highest BCUT2D eigenvalue weighted by Gasteiger charge is 2.25. The third-order valence-corrected chi connectivity index (χ3v) is 3.96. The van der Waals surface area contributed by atoms with Gasteiger partial charge < -0.3 is 5.32 Å². The van der Waals surface area contributed by atoms with Crippen molar-refractivity contribution in [3.05, 3.63) is 12.3 Å². The Bertz CT molecular complexity index is 187. The summed E-state index contributed by atoms with van der Waals surface area (Å²) in [6.07, 6.45) is 3.44. The molecule has 3 N–H and O–H groups in total. The minimum Gasteiger partial charge on any atom is -0.387 e. The van der Waals surface area contributed by atoms with Crippen molar-refractivity contribution in [2.45, 2.75) is 45.3 Å². The molecule has 0 aliphatic rings. The molecule has 0 saturated heterocycles. The van der Waals surface area contributed by atoms with Gasteiger partial charge in [0, 0.05) is 12.2 Å². The quantitative estimate of drug-likeness (QED) is 0.387. The Balaban J connectivity index is 4.30. The maximum atomic E-state index is 4.17. The third kappa shape index (κ3) is 5.68. The lowest BCUT2D eigenvalue weighted by molar-refractivity contribution is 0.402. The fourth-order valence-corrected chi connectivity index (χ4v) is 2.16. The molecule has 16 heavy (non-hydrogen) atoms. The van der Waals surface area contributed by atoms with Crippen LogP contribution in [0.25, 0.3) is 0 Å². The van der Waals surface area contributed by atoms with Gasteiger partial charge in [-0.3, -0.25) is 10.6 Å². The fourth-order valence-electron chi connectivity index (χ4n) is 1.48. The second-order valence-corrected chi connectivity index (χ2v) is 5.88. The first kappa shape index (κ1) is 15.7. The van der Waals surface area contributed by atoms with E-state index < -0.39 is 0 Å². The first-order valence-corrected chi connectivity index (χ1v) is 7.54. The molecule has 0 aromatic heterocycles. The molecule has 0 aliphatic heterocycles. The lowest BCUT2D eigenvalue weighted by Crippen LogP contribution is -2.61. The van der Waals surface area contributed by atoms with Crippen LogP contribution in [-0.2, 0) is 0 Å². The first-order valence-electron chi connectivity index (χ1n) is 6.54. The third-order valence-electron chi connectivity index (χ3n) is 2.65. The van der Waals surface area contributed by atoms with E-state index in [1.807, 2.05) is 0 Å². The van der Waals surface area contributed by atoms with Crippen LogP contribution in [0, 0.1) is 0 Å². The lowest BCUT2D eigenvalue weighted by Gasteiger charge is -2.35. The van der Waals surface area contributed by atoms with Crippen LogP contribution in [0.2, 0.25) is 0 Å². The summed E-state index contributed by atoms with van der Waals surface area (Å²) >= 11 is 0. The van der Waals surface area contributed by atoms with Crippen molar-refractivity contribution in [3.8, 4) is 0 Å². The summed E-state index contributed by atoms with van der Waals surface area (Å²) in [5.41, 5.74) is 1.10. The van der Waals surface area contributed by atoms with Crippen LogP contribution in [0.1, 0.15) is 40.0 Å². The zero-order chi connectivity index (χ0) is 12.4. The van der Waals surface area contributed by atoms with Gasteiger partial charge in [0.15, 0.2) is 0 Å². The minimum absolute atomic E-state index is 0.0544. The van der Waals surface area contributed by atoms with E-state index in [0.29, 0.717) is 0 Å². The van der Waals surface area contributed by atoms with Gasteiger partial charge in [0.25, 0.3) is 0 Å². The zero-order valence-corrected chi connectivity index (χ0v) is 13.4. The van der Waals surface area contributed by atoms with E-state index in [2.05, 4.69) is 43.3 Å². The molecule has 3 nitrogen and oxygen atoms in total. The molecule has 0 spiro atoms. The van der Waals surface area contributed by atoms with Gasteiger partial charge >= 0.3 is 0 Å². The van der Waals surface area contributed by atoms with Gasteiger partial charge in [-0.1, -0.05) is 27.4 Å². The topological polar surface area (TPSA) is 36.1 Å². The molecular weight excluding hydrogens is 214 g/mol. The Hall–Kier alpha value is -0.323. The van der Waals surface area contributed by atoms with E-state index in [0.717, 1.165) is 54.8 Å². The average Bonchev–Trinajstić information content (AvgIpc) is 2.30. The summed E-state index contributed by atoms with van der Waals surface area (Å²) < 4.78 is 0. The van der Waals surface area contributed by atoms with Gasteiger partial charge in [-0.25, -0.2) is 0 Å². The standard InChI is InChI=1S/C12H29N3Si/c1-5-8-13-11(4)12(16,14-9-6-2)15-10-7-3/h13-15H,4-10H2,1-3,16H3. The molecule has 0 amide bonds. The SMILES string of the molecule is C=C(NCCC)C([SiH3])(NCCC)NCCC. The lowest BCUT2D eigenvalue weighted by atomic mass is 10.3. The highest BCUT2D eigenvalue weighted by atomic mass is 28.1. The maximum absolute atomic E-state index is 4.17. The largest absolute Gasteiger partial charge is 0.387 e. The number of hydrogen-bond acceptors (Lipinski definition) is 3. The summed E-state index contributed by atoms with van der Waals surface area (Å²) in [6, 6.07) is 0. The Morgan fingerprint density at radius 2 is 1.44 bits per heavy atom. The van der Waals surface area contributed by atoms with Crippen LogP contribution < -0.4 is 16.0 Å². The van der Waals surface area contributed by atoms with Crippen molar-refractivity contribution in [3.63, 3.8) is 0 Å². The molecule has 0 bridgehead atoms. The summed E-state index contributed by atoms with van der Waals surface area (Å²) in [5, 5.41) is 10.5. The highest BCUT2D eigenvalue weighted by Crippen LogP contribution is 2.05. The molecule has 0 rings (SSSR count). The first-order chi connectivity index (χ1) is 7.60. The Morgan fingerprint density at radius 1 is 1.00 bits per heavy atom. The van der Waals surface area contributed by atoms with Crippen molar-refractivity contribution in [2.24, 2.45) is 0 Å². The molecule has 0 aliphatic carbocycles. The maximum Gasteiger partial charge on any atom is 0.0861 e. The smallest absolute Gasteiger partial charge is 0.0861 e. The van der Waals surface area contributed by atoms with Crippen molar-refractivity contribution in [1.82, 2.24) is 16.0 Å². The highest BCUT2D eigenvalue weighted by molar-refractivity contribution is 6.17. The van der Waals surface area contributed by atoms with Crippen LogP contribution >= 0.6 is 0 Å². The van der Waals surface area contributed by atoms with E-state index in [-0.39, 0.29) is 5.29 Å². The van der Waals surface area contributed by atoms with Gasteiger partial charge in [0.05, 0.1) is 15.5 Å². The van der Waals surface area contributed by atoms with Gasteiger partial charge in [0.1, 0.15) is 0 Å². The predicted molar refractivity (Wildman–Crippen MR) is 76.7 cm³/mol. The summed E-state index contributed by atoms with van der Waals surface area (Å²) in [5.74, 6) is 0. The Kier molecular flexibility index (Phi) is 8.61. The van der Waals surface area contributed by atoms with E-state index in [9.17, 15) is 0 Å². The van der Waals surface area contributed by atoms with Crippen LogP contribution in [0.4, 0.5) is 0 Å². The molecule has 0 fully saturated rings. The van der Waals surface area contributed by atoms with Crippen LogP contribution in [0.15, 0.2) is 12.3 Å². The van der Waals surface area contributed by atoms with E-state index >= 15 is 0 Å². The summed E-state index contributed by atoms with van der Waals surface area (Å²) in [4.78, 5) is 0. The molecular formula is C12H29N3Si. The van der Waals surface area contributed by atoms with Crippen molar-refractivity contribution < 1.29 is 0 Å². The van der Waals surface area contributed by atoms with E-state index in [1.54, 1.807) is 0 Å². The Morgan fingerprint density at radius 3 is 1.81 bits per heavy atom. The molecule has 0 aromatic rings. The van der Waals surface area contributed by atoms with Crippen LogP contribution in [0.3, 0.4) is 0 Å². The second-order valence-electron chi connectivity index (χ2n) is 4.38. The van der Waals surface area contributed by atoms with Crippen LogP contribution in [-0.4, -0.2) is 35.2 Å². The predicted octanol–water partition coefficient (Wildman–Crippen LogP) is 0.518. The summed E-state index contributed by atoms with van der Waals surface area (Å²) in [7, 11) is 1.01. The van der Waals surface area contributed by atoms with Gasteiger partial charge in [-0.2, -0.15) is 0 Å². The molecule has 0 aromatic carbocycles. The molecule has 0 radical (unpaired) electrons. The van der Waals surface area contributed by atoms with Crippen molar-refractivity contribution in [2.75, 3.05) is 19.6 Å². The van der Waals surface area contributed by atoms with Crippen molar-refractivity contribution in [1.29, 1.82) is 0 Å². The molecule has 96 valence electrons. The molecule has 0 atom stereocenters. The van der Waals surface area contributed by atoms with Gasteiger partial charge in [-0.15, -0.1) is 0 Å². The average molecular weight is 243 g/mol. The normalized spacial score (nSPS) is 11.7. The molecule has 4 heteroatoms. The zero-order valence-electron chi connectivity index (χ0n) is 11.4. The summed E-state index contributed by atoms with van der Waals surface area (Å²) in [6.45, 7) is 13.8. The van der Waals surface area contributed by atoms with E-state index in [1.165, 1.54) is 0 Å². The second kappa shape index (κ2) is 8.79. The minimum atomic E-state index is -0.0544. The monoisotopic (exact) mass is 243 g/mol. The van der Waals surface area contributed by atoms with Gasteiger partial charge in [0.2, 0.25) is 0 Å². The van der Waals surface area contributed by atoms with Crippen LogP contribution in [0.5, 0.6) is 0 Å². The molecule has 0 heterocycles. The van der Waals surface area contributed by atoms with Crippen molar-refractivity contribution >= 4 is 10.2 Å². The number of nitrogens with one attached hydrogen (secondary N) is 3. The Labute approximate surface area is 104 Å². The van der Waals surface area contributed by atoms with E-state index in [4.69, 9.17) is 0 Å². The number of hydrogen-bond donors (Lipinski definition) is 3. The molecule has 0 unspecified atom stereocenters. The molecule has 0 saturated carbocycles. The van der Waals surface area contributed by atoms with Gasteiger partial charge in [-0.05, 0) is 32.4 Å². The number of rotatable bonds is 10. The fraction of sp³-hybridized carbons (Fsp3) is 0.833.